The van der Waals surface area contributed by atoms with Gasteiger partial charge in [-0.15, -0.1) is 0 Å². The molecule has 0 radical (unpaired) electrons. The maximum Gasteiger partial charge on any atom is 0.143 e. The largest absolute Gasteiger partial charge is 0.397 e. The maximum atomic E-state index is 13.1. The zero-order valence-corrected chi connectivity index (χ0v) is 9.39. The summed E-state index contributed by atoms with van der Waals surface area (Å²) in [6, 6.07) is 3.37. The van der Waals surface area contributed by atoms with Gasteiger partial charge in [0.25, 0.3) is 0 Å². The molecule has 4 heteroatoms. The van der Waals surface area contributed by atoms with Crippen LogP contribution in [0.2, 0.25) is 5.02 Å². The molecule has 2 nitrogen and oxygen atoms in total. The van der Waals surface area contributed by atoms with E-state index in [4.69, 9.17) is 17.3 Å². The first-order chi connectivity index (χ1) is 7.09. The van der Waals surface area contributed by atoms with Crippen molar-refractivity contribution >= 4 is 23.0 Å². The lowest BCUT2D eigenvalue weighted by Gasteiger charge is -2.25. The van der Waals surface area contributed by atoms with Crippen molar-refractivity contribution in [1.29, 1.82) is 0 Å². The Hall–Kier alpha value is -0.960. The van der Waals surface area contributed by atoms with Gasteiger partial charge in [-0.1, -0.05) is 11.6 Å². The fourth-order valence-corrected chi connectivity index (χ4v) is 2.25. The molecule has 0 spiro atoms. The molecule has 1 unspecified atom stereocenters. The molecule has 1 atom stereocenters. The summed E-state index contributed by atoms with van der Waals surface area (Å²) in [4.78, 5) is 2.18. The third-order valence-corrected chi connectivity index (χ3v) is 3.22. The topological polar surface area (TPSA) is 29.3 Å². The van der Waals surface area contributed by atoms with Crippen LogP contribution in [0.15, 0.2) is 12.1 Å². The van der Waals surface area contributed by atoms with E-state index in [1.165, 1.54) is 6.07 Å². The van der Waals surface area contributed by atoms with Crippen molar-refractivity contribution in [2.75, 3.05) is 17.2 Å². The minimum Gasteiger partial charge on any atom is -0.397 e. The Balaban J connectivity index is 2.39. The van der Waals surface area contributed by atoms with Crippen molar-refractivity contribution in [3.63, 3.8) is 0 Å². The predicted octanol–water partition coefficient (Wildman–Crippen LogP) is 3.05. The average Bonchev–Trinajstić information content (AvgIpc) is 2.58. The highest BCUT2D eigenvalue weighted by molar-refractivity contribution is 6.31. The Labute approximate surface area is 93.8 Å². The van der Waals surface area contributed by atoms with Gasteiger partial charge in [-0.3, -0.25) is 0 Å². The lowest BCUT2D eigenvalue weighted by Crippen LogP contribution is -2.27. The first-order valence-corrected chi connectivity index (χ1v) is 5.48. The molecule has 0 bridgehead atoms. The predicted molar refractivity (Wildman–Crippen MR) is 61.9 cm³/mol. The molecule has 1 saturated heterocycles. The van der Waals surface area contributed by atoms with Gasteiger partial charge in [-0.2, -0.15) is 0 Å². The molecule has 0 saturated carbocycles. The van der Waals surface area contributed by atoms with Gasteiger partial charge in [0.1, 0.15) is 5.82 Å². The summed E-state index contributed by atoms with van der Waals surface area (Å²) in [6.45, 7) is 3.11. The van der Waals surface area contributed by atoms with E-state index in [1.54, 1.807) is 6.07 Å². The number of benzene rings is 1. The zero-order chi connectivity index (χ0) is 11.0. The lowest BCUT2D eigenvalue weighted by molar-refractivity contribution is 0.628. The summed E-state index contributed by atoms with van der Waals surface area (Å²) in [5, 5.41) is 0.137. The van der Waals surface area contributed by atoms with Crippen LogP contribution < -0.4 is 10.6 Å². The van der Waals surface area contributed by atoms with Crippen LogP contribution in [-0.4, -0.2) is 12.6 Å². The van der Waals surface area contributed by atoms with Crippen molar-refractivity contribution in [2.24, 2.45) is 0 Å². The number of rotatable bonds is 1. The van der Waals surface area contributed by atoms with Gasteiger partial charge in [-0.25, -0.2) is 4.39 Å². The van der Waals surface area contributed by atoms with Gasteiger partial charge >= 0.3 is 0 Å². The van der Waals surface area contributed by atoms with E-state index in [1.807, 2.05) is 0 Å². The number of anilines is 2. The van der Waals surface area contributed by atoms with E-state index in [0.717, 1.165) is 25.1 Å². The molecule has 1 aromatic rings. The number of halogens is 2. The van der Waals surface area contributed by atoms with Crippen LogP contribution in [0.1, 0.15) is 19.8 Å². The number of nitrogens with two attached hydrogens (primary N) is 1. The van der Waals surface area contributed by atoms with E-state index in [0.29, 0.717) is 11.7 Å². The molecule has 1 fully saturated rings. The van der Waals surface area contributed by atoms with Crippen LogP contribution in [0.3, 0.4) is 0 Å². The second-order valence-electron chi connectivity index (χ2n) is 4.01. The SMILES string of the molecule is CC1CCCN1c1cc(Cl)c(F)cc1N. The van der Waals surface area contributed by atoms with Crippen LogP contribution in [0.25, 0.3) is 0 Å². The fraction of sp³-hybridized carbons (Fsp3) is 0.455. The highest BCUT2D eigenvalue weighted by Crippen LogP contribution is 2.33. The fourth-order valence-electron chi connectivity index (χ4n) is 2.09. The van der Waals surface area contributed by atoms with E-state index < -0.39 is 5.82 Å². The molecule has 1 aliphatic rings. The smallest absolute Gasteiger partial charge is 0.143 e. The highest BCUT2D eigenvalue weighted by atomic mass is 35.5. The van der Waals surface area contributed by atoms with Crippen LogP contribution in [0.4, 0.5) is 15.8 Å². The van der Waals surface area contributed by atoms with Crippen molar-refractivity contribution in [2.45, 2.75) is 25.8 Å². The Morgan fingerprint density at radius 1 is 1.53 bits per heavy atom. The summed E-state index contributed by atoms with van der Waals surface area (Å²) in [7, 11) is 0. The lowest BCUT2D eigenvalue weighted by atomic mass is 10.2. The maximum absolute atomic E-state index is 13.1. The third kappa shape index (κ3) is 1.88. The summed E-state index contributed by atoms with van der Waals surface area (Å²) >= 11 is 5.75. The number of hydrogen-bond donors (Lipinski definition) is 1. The highest BCUT2D eigenvalue weighted by Gasteiger charge is 2.23. The Bertz CT molecular complexity index is 381. The van der Waals surface area contributed by atoms with Crippen LogP contribution in [0, 0.1) is 5.82 Å². The summed E-state index contributed by atoms with van der Waals surface area (Å²) < 4.78 is 13.1. The summed E-state index contributed by atoms with van der Waals surface area (Å²) in [5.74, 6) is -0.454. The van der Waals surface area contributed by atoms with Crippen molar-refractivity contribution in [1.82, 2.24) is 0 Å². The van der Waals surface area contributed by atoms with Crippen molar-refractivity contribution in [3.8, 4) is 0 Å². The Morgan fingerprint density at radius 2 is 2.27 bits per heavy atom. The van der Waals surface area contributed by atoms with Crippen molar-refractivity contribution in [3.05, 3.63) is 23.0 Å². The van der Waals surface area contributed by atoms with E-state index in [2.05, 4.69) is 11.8 Å². The molecule has 1 aliphatic heterocycles. The monoisotopic (exact) mass is 228 g/mol. The van der Waals surface area contributed by atoms with Gasteiger partial charge in [0, 0.05) is 18.7 Å². The van der Waals surface area contributed by atoms with Gasteiger partial charge < -0.3 is 10.6 Å². The third-order valence-electron chi connectivity index (χ3n) is 2.93. The Kier molecular flexibility index (Phi) is 2.74. The van der Waals surface area contributed by atoms with Gasteiger partial charge in [0.05, 0.1) is 16.4 Å². The minimum atomic E-state index is -0.454. The number of nitrogen functional groups attached to an aromatic ring is 1. The molecule has 2 N–H and O–H groups in total. The normalized spacial score (nSPS) is 21.0. The molecular formula is C11H14ClFN2. The second-order valence-corrected chi connectivity index (χ2v) is 4.42. The van der Waals surface area contributed by atoms with Crippen molar-refractivity contribution < 1.29 is 4.39 Å². The van der Waals surface area contributed by atoms with Gasteiger partial charge in [0.15, 0.2) is 0 Å². The van der Waals surface area contributed by atoms with Crippen LogP contribution in [-0.2, 0) is 0 Å². The minimum absolute atomic E-state index is 0.137. The molecular weight excluding hydrogens is 215 g/mol. The zero-order valence-electron chi connectivity index (χ0n) is 8.63. The standard InChI is InChI=1S/C11H14ClFN2/c1-7-3-2-4-15(7)11-5-8(12)9(13)6-10(11)14/h5-7H,2-4,14H2,1H3. The molecule has 0 aliphatic carbocycles. The van der Waals surface area contributed by atoms with E-state index in [9.17, 15) is 4.39 Å². The summed E-state index contributed by atoms with van der Waals surface area (Å²) in [5.41, 5.74) is 7.11. The quantitative estimate of drug-likeness (QED) is 0.749. The Morgan fingerprint density at radius 3 is 2.87 bits per heavy atom. The number of nitrogens with zero attached hydrogens (tertiary/aromatic N) is 1. The van der Waals surface area contributed by atoms with Gasteiger partial charge in [-0.05, 0) is 25.8 Å². The second kappa shape index (κ2) is 3.89. The van der Waals surface area contributed by atoms with Crippen LogP contribution >= 0.6 is 11.6 Å². The molecule has 15 heavy (non-hydrogen) atoms. The molecule has 0 amide bonds. The molecule has 2 rings (SSSR count). The first-order valence-electron chi connectivity index (χ1n) is 5.10. The number of hydrogen-bond acceptors (Lipinski definition) is 2. The van der Waals surface area contributed by atoms with E-state index in [-0.39, 0.29) is 5.02 Å². The summed E-state index contributed by atoms with van der Waals surface area (Å²) in [6.07, 6.45) is 2.30. The van der Waals surface area contributed by atoms with Gasteiger partial charge in [0.2, 0.25) is 0 Å². The van der Waals surface area contributed by atoms with E-state index >= 15 is 0 Å². The molecule has 1 aromatic carbocycles. The molecule has 1 heterocycles. The first kappa shape index (κ1) is 10.6. The molecule has 0 aromatic heterocycles. The van der Waals surface area contributed by atoms with Crippen LogP contribution in [0.5, 0.6) is 0 Å². The molecule has 82 valence electrons. The average molecular weight is 229 g/mol.